The quantitative estimate of drug-likeness (QED) is 0.590. The van der Waals surface area contributed by atoms with Crippen LogP contribution in [0, 0.1) is 0 Å². The molecule has 0 saturated carbocycles. The molecule has 0 unspecified atom stereocenters. The summed E-state index contributed by atoms with van der Waals surface area (Å²) in [5.74, 6) is 2.27. The lowest BCUT2D eigenvalue weighted by Crippen LogP contribution is -2.12. The van der Waals surface area contributed by atoms with Crippen molar-refractivity contribution >= 4 is 11.6 Å². The summed E-state index contributed by atoms with van der Waals surface area (Å²) in [5.41, 5.74) is 3.62. The van der Waals surface area contributed by atoms with Crippen molar-refractivity contribution < 1.29 is 19.0 Å². The first kappa shape index (κ1) is 20.3. The summed E-state index contributed by atoms with van der Waals surface area (Å²) in [6.07, 6.45) is 0.974. The van der Waals surface area contributed by atoms with Crippen molar-refractivity contribution in [1.82, 2.24) is 0 Å². The van der Waals surface area contributed by atoms with Gasteiger partial charge in [0.2, 0.25) is 5.91 Å². The summed E-state index contributed by atoms with van der Waals surface area (Å²) in [5, 5.41) is 2.97. The number of hydrogen-bond acceptors (Lipinski definition) is 4. The zero-order valence-corrected chi connectivity index (χ0v) is 16.9. The van der Waals surface area contributed by atoms with Crippen molar-refractivity contribution in [1.29, 1.82) is 0 Å². The van der Waals surface area contributed by atoms with Crippen LogP contribution in [0.25, 0.3) is 11.1 Å². The molecule has 0 saturated heterocycles. The zero-order valence-electron chi connectivity index (χ0n) is 16.9. The van der Waals surface area contributed by atoms with Crippen LogP contribution >= 0.6 is 0 Å². The predicted octanol–water partition coefficient (Wildman–Crippen LogP) is 4.95. The van der Waals surface area contributed by atoms with Crippen LogP contribution in [-0.2, 0) is 11.2 Å². The van der Waals surface area contributed by atoms with E-state index in [0.29, 0.717) is 12.8 Å². The summed E-state index contributed by atoms with van der Waals surface area (Å²) >= 11 is 0. The third-order valence-corrected chi connectivity index (χ3v) is 4.70. The number of rotatable bonds is 8. The van der Waals surface area contributed by atoms with Crippen molar-refractivity contribution in [3.8, 4) is 28.4 Å². The van der Waals surface area contributed by atoms with E-state index >= 15 is 0 Å². The molecule has 0 aliphatic heterocycles. The Morgan fingerprint density at radius 1 is 0.828 bits per heavy atom. The molecule has 0 bridgehead atoms. The maximum Gasteiger partial charge on any atom is 0.224 e. The van der Waals surface area contributed by atoms with Gasteiger partial charge < -0.3 is 19.5 Å². The smallest absolute Gasteiger partial charge is 0.224 e. The van der Waals surface area contributed by atoms with Crippen LogP contribution in [-0.4, -0.2) is 27.2 Å². The van der Waals surface area contributed by atoms with Crippen LogP contribution in [0.4, 0.5) is 5.69 Å². The van der Waals surface area contributed by atoms with Crippen LogP contribution in [0.3, 0.4) is 0 Å². The van der Waals surface area contributed by atoms with Crippen LogP contribution in [0.2, 0.25) is 0 Å². The molecule has 1 amide bonds. The minimum Gasteiger partial charge on any atom is -0.497 e. The maximum absolute atomic E-state index is 12.5. The van der Waals surface area contributed by atoms with Gasteiger partial charge in [0.1, 0.15) is 17.2 Å². The Labute approximate surface area is 171 Å². The summed E-state index contributed by atoms with van der Waals surface area (Å²) in [4.78, 5) is 12.5. The van der Waals surface area contributed by atoms with E-state index < -0.39 is 0 Å². The minimum absolute atomic E-state index is 0.0539. The number of aryl methyl sites for hydroxylation is 1. The van der Waals surface area contributed by atoms with Gasteiger partial charge in [-0.25, -0.2) is 0 Å². The first-order valence-corrected chi connectivity index (χ1v) is 9.39. The molecule has 5 heteroatoms. The molecule has 0 aromatic heterocycles. The van der Waals surface area contributed by atoms with E-state index in [1.54, 1.807) is 21.3 Å². The molecule has 0 heterocycles. The maximum atomic E-state index is 12.5. The van der Waals surface area contributed by atoms with Crippen molar-refractivity contribution in [3.63, 3.8) is 0 Å². The van der Waals surface area contributed by atoms with Gasteiger partial charge in [0.05, 0.1) is 21.3 Å². The number of nitrogens with one attached hydrogen (secondary N) is 1. The lowest BCUT2D eigenvalue weighted by atomic mass is 10.0. The van der Waals surface area contributed by atoms with E-state index in [1.165, 1.54) is 0 Å². The molecule has 5 nitrogen and oxygen atoms in total. The lowest BCUT2D eigenvalue weighted by molar-refractivity contribution is -0.116. The fourth-order valence-corrected chi connectivity index (χ4v) is 3.16. The van der Waals surface area contributed by atoms with Crippen LogP contribution in [0.5, 0.6) is 17.2 Å². The average molecular weight is 391 g/mol. The largest absolute Gasteiger partial charge is 0.497 e. The third kappa shape index (κ3) is 5.08. The van der Waals surface area contributed by atoms with Gasteiger partial charge in [-0.05, 0) is 53.9 Å². The number of carbonyl (C=O) groups is 1. The monoisotopic (exact) mass is 391 g/mol. The Hall–Kier alpha value is -3.47. The van der Waals surface area contributed by atoms with Crippen LogP contribution in [0.1, 0.15) is 12.0 Å². The Kier molecular flexibility index (Phi) is 6.74. The second-order valence-corrected chi connectivity index (χ2v) is 6.50. The number of para-hydroxylation sites is 1. The molecule has 29 heavy (non-hydrogen) atoms. The topological polar surface area (TPSA) is 56.8 Å². The number of methoxy groups -OCH3 is 3. The Morgan fingerprint density at radius 3 is 2.24 bits per heavy atom. The molecule has 0 spiro atoms. The first-order chi connectivity index (χ1) is 14.1. The summed E-state index contributed by atoms with van der Waals surface area (Å²) in [6, 6.07) is 21.1. The Bertz CT molecular complexity index is 967. The second kappa shape index (κ2) is 9.64. The lowest BCUT2D eigenvalue weighted by Gasteiger charge is -2.13. The van der Waals surface area contributed by atoms with Gasteiger partial charge in [0.15, 0.2) is 0 Å². The van der Waals surface area contributed by atoms with Crippen molar-refractivity contribution in [2.24, 2.45) is 0 Å². The predicted molar refractivity (Wildman–Crippen MR) is 115 cm³/mol. The van der Waals surface area contributed by atoms with E-state index in [2.05, 4.69) is 5.32 Å². The molecular formula is C24H25NO4. The molecule has 1 N–H and O–H groups in total. The van der Waals surface area contributed by atoms with Crippen molar-refractivity contribution in [3.05, 3.63) is 72.3 Å². The highest BCUT2D eigenvalue weighted by atomic mass is 16.5. The number of hydrogen-bond donors (Lipinski definition) is 1. The normalized spacial score (nSPS) is 10.3. The van der Waals surface area contributed by atoms with Gasteiger partial charge in [0.25, 0.3) is 0 Å². The second-order valence-electron chi connectivity index (χ2n) is 6.50. The van der Waals surface area contributed by atoms with Crippen molar-refractivity contribution in [2.75, 3.05) is 26.6 Å². The average Bonchev–Trinajstić information content (AvgIpc) is 2.78. The Morgan fingerprint density at radius 2 is 1.55 bits per heavy atom. The van der Waals surface area contributed by atoms with Gasteiger partial charge in [-0.15, -0.1) is 0 Å². The molecule has 150 valence electrons. The number of carbonyl (C=O) groups excluding carboxylic acids is 1. The molecule has 3 rings (SSSR count). The highest BCUT2D eigenvalue weighted by molar-refractivity contribution is 5.92. The fraction of sp³-hybridized carbons (Fsp3) is 0.208. The van der Waals surface area contributed by atoms with Gasteiger partial charge in [-0.3, -0.25) is 4.79 Å². The SMILES string of the molecule is COc1ccc(-c2cc(NC(=O)CCc3ccccc3OC)ccc2OC)cc1. The number of amides is 1. The molecular weight excluding hydrogens is 366 g/mol. The van der Waals surface area contributed by atoms with E-state index in [9.17, 15) is 4.79 Å². The van der Waals surface area contributed by atoms with Gasteiger partial charge in [0, 0.05) is 17.7 Å². The van der Waals surface area contributed by atoms with Gasteiger partial charge in [-0.2, -0.15) is 0 Å². The minimum atomic E-state index is -0.0539. The first-order valence-electron chi connectivity index (χ1n) is 9.39. The molecule has 0 aliphatic rings. The zero-order chi connectivity index (χ0) is 20.6. The molecule has 3 aromatic rings. The van der Waals surface area contributed by atoms with E-state index in [1.807, 2.05) is 66.7 Å². The van der Waals surface area contributed by atoms with E-state index in [-0.39, 0.29) is 5.91 Å². The van der Waals surface area contributed by atoms with E-state index in [4.69, 9.17) is 14.2 Å². The summed E-state index contributed by atoms with van der Waals surface area (Å²) in [7, 11) is 4.90. The molecule has 0 radical (unpaired) electrons. The molecule has 0 aliphatic carbocycles. The van der Waals surface area contributed by atoms with Crippen molar-refractivity contribution in [2.45, 2.75) is 12.8 Å². The summed E-state index contributed by atoms with van der Waals surface area (Å²) in [6.45, 7) is 0. The van der Waals surface area contributed by atoms with Crippen LogP contribution in [0.15, 0.2) is 66.7 Å². The van der Waals surface area contributed by atoms with E-state index in [0.717, 1.165) is 39.6 Å². The standard InChI is InChI=1S/C24H25NO4/c1-27-20-12-8-17(9-13-20)21-16-19(11-14-23(21)29-3)25-24(26)15-10-18-6-4-5-7-22(18)28-2/h4-9,11-14,16H,10,15H2,1-3H3,(H,25,26). The van der Waals surface area contributed by atoms with Gasteiger partial charge in [-0.1, -0.05) is 30.3 Å². The highest BCUT2D eigenvalue weighted by Crippen LogP contribution is 2.33. The molecule has 0 fully saturated rings. The van der Waals surface area contributed by atoms with Crippen LogP contribution < -0.4 is 19.5 Å². The Balaban J connectivity index is 1.72. The number of ether oxygens (including phenoxy) is 3. The summed E-state index contributed by atoms with van der Waals surface area (Å²) < 4.78 is 16.1. The molecule has 0 atom stereocenters. The van der Waals surface area contributed by atoms with Gasteiger partial charge >= 0.3 is 0 Å². The fourth-order valence-electron chi connectivity index (χ4n) is 3.16. The highest BCUT2D eigenvalue weighted by Gasteiger charge is 2.11. The molecule has 3 aromatic carbocycles. The number of anilines is 1. The number of benzene rings is 3. The third-order valence-electron chi connectivity index (χ3n) is 4.70.